The lowest BCUT2D eigenvalue weighted by atomic mass is 10.2. The lowest BCUT2D eigenvalue weighted by Gasteiger charge is -2.23. The smallest absolute Gasteiger partial charge is 0.256 e. The maximum absolute atomic E-state index is 13.7. The highest BCUT2D eigenvalue weighted by Gasteiger charge is 2.27. The molecular formula is C23H38N4O4S2. The first-order valence-electron chi connectivity index (χ1n) is 11.8. The lowest BCUT2D eigenvalue weighted by molar-refractivity contribution is 0.391. The molecule has 0 aliphatic heterocycles. The zero-order valence-corrected chi connectivity index (χ0v) is 21.4. The van der Waals surface area contributed by atoms with Gasteiger partial charge in [-0.1, -0.05) is 64.5 Å². The Hall–Kier alpha value is -1.59. The number of primary sulfonamides is 1. The molecule has 0 bridgehead atoms. The van der Waals surface area contributed by atoms with Gasteiger partial charge in [-0.3, -0.25) is 0 Å². The highest BCUT2D eigenvalue weighted by atomic mass is 32.2. The van der Waals surface area contributed by atoms with Gasteiger partial charge in [0.05, 0.1) is 4.90 Å². The van der Waals surface area contributed by atoms with Gasteiger partial charge in [0.2, 0.25) is 10.0 Å². The Morgan fingerprint density at radius 3 is 2.21 bits per heavy atom. The van der Waals surface area contributed by atoms with Crippen molar-refractivity contribution in [3.05, 3.63) is 30.5 Å². The Kier molecular flexibility index (Phi) is 11.2. The van der Waals surface area contributed by atoms with Crippen LogP contribution in [0.2, 0.25) is 0 Å². The highest BCUT2D eigenvalue weighted by molar-refractivity contribution is 7.89. The molecule has 3 N–H and O–H groups in total. The van der Waals surface area contributed by atoms with E-state index in [1.165, 1.54) is 54.0 Å². The third-order valence-corrected chi connectivity index (χ3v) is 8.44. The Labute approximate surface area is 199 Å². The van der Waals surface area contributed by atoms with E-state index in [0.717, 1.165) is 38.6 Å². The molecule has 186 valence electrons. The highest BCUT2D eigenvalue weighted by Crippen LogP contribution is 2.28. The van der Waals surface area contributed by atoms with Crippen molar-refractivity contribution in [3.63, 3.8) is 0 Å². The molecule has 8 nitrogen and oxygen atoms in total. The first-order valence-corrected chi connectivity index (χ1v) is 14.8. The van der Waals surface area contributed by atoms with Gasteiger partial charge in [0.1, 0.15) is 0 Å². The fraction of sp³-hybridized carbons (Fsp3) is 0.609. The van der Waals surface area contributed by atoms with E-state index in [-0.39, 0.29) is 15.3 Å². The number of nitrogens with two attached hydrogens (primary N) is 1. The summed E-state index contributed by atoms with van der Waals surface area (Å²) in [6, 6.07) is 6.11. The number of fused-ring (bicyclic) bond motifs is 1. The van der Waals surface area contributed by atoms with Gasteiger partial charge in [0, 0.05) is 36.6 Å². The van der Waals surface area contributed by atoms with Crippen LogP contribution in [-0.2, 0) is 20.0 Å². The van der Waals surface area contributed by atoms with E-state index < -0.39 is 20.0 Å². The molecule has 33 heavy (non-hydrogen) atoms. The zero-order chi connectivity index (χ0) is 24.3. The molecule has 2 aromatic rings. The van der Waals surface area contributed by atoms with Crippen molar-refractivity contribution < 1.29 is 16.8 Å². The van der Waals surface area contributed by atoms with E-state index in [0.29, 0.717) is 25.0 Å². The number of benzene rings is 1. The molecule has 1 heterocycles. The number of hydrogen-bond acceptors (Lipinski definition) is 6. The number of hydrogen-bond donors (Lipinski definition) is 2. The second-order valence-electron chi connectivity index (χ2n) is 8.29. The molecule has 0 saturated carbocycles. The van der Waals surface area contributed by atoms with Gasteiger partial charge >= 0.3 is 0 Å². The van der Waals surface area contributed by atoms with Gasteiger partial charge in [-0.15, -0.1) is 0 Å². The molecule has 0 radical (unpaired) electrons. The van der Waals surface area contributed by atoms with Crippen LogP contribution in [0.15, 0.2) is 40.4 Å². The van der Waals surface area contributed by atoms with Gasteiger partial charge in [0.25, 0.3) is 10.0 Å². The average Bonchev–Trinajstić information content (AvgIpc) is 2.78. The average molecular weight is 499 g/mol. The molecule has 2 rings (SSSR count). The number of unbranched alkanes of at least 4 members (excludes halogenated alkanes) is 6. The second-order valence-corrected chi connectivity index (χ2v) is 11.7. The number of pyridine rings is 1. The summed E-state index contributed by atoms with van der Waals surface area (Å²) in [5.74, 6) is 0. The van der Waals surface area contributed by atoms with E-state index in [4.69, 9.17) is 5.14 Å². The monoisotopic (exact) mass is 498 g/mol. The molecule has 1 aromatic heterocycles. The van der Waals surface area contributed by atoms with Gasteiger partial charge in [-0.05, 0) is 31.5 Å². The normalized spacial score (nSPS) is 12.6. The van der Waals surface area contributed by atoms with E-state index in [1.54, 1.807) is 0 Å². The molecule has 0 amide bonds. The predicted octanol–water partition coefficient (Wildman–Crippen LogP) is 3.62. The molecule has 0 aliphatic carbocycles. The summed E-state index contributed by atoms with van der Waals surface area (Å²) in [4.78, 5) is 3.95. The first-order chi connectivity index (χ1) is 15.7. The van der Waals surface area contributed by atoms with Gasteiger partial charge in [0.15, 0.2) is 5.03 Å². The minimum absolute atomic E-state index is 0.0748. The molecule has 0 spiro atoms. The Morgan fingerprint density at radius 1 is 0.848 bits per heavy atom. The van der Waals surface area contributed by atoms with Crippen molar-refractivity contribution >= 4 is 30.8 Å². The predicted molar refractivity (Wildman–Crippen MR) is 133 cm³/mol. The zero-order valence-electron chi connectivity index (χ0n) is 19.8. The summed E-state index contributed by atoms with van der Waals surface area (Å²) < 4.78 is 52.8. The largest absolute Gasteiger partial charge is 0.315 e. The summed E-state index contributed by atoms with van der Waals surface area (Å²) in [6.07, 6.45) is 9.76. The van der Waals surface area contributed by atoms with Crippen LogP contribution >= 0.6 is 0 Å². The van der Waals surface area contributed by atoms with Crippen LogP contribution in [0.25, 0.3) is 10.8 Å². The number of rotatable bonds is 16. The molecule has 0 unspecified atom stereocenters. The van der Waals surface area contributed by atoms with Crippen molar-refractivity contribution in [2.24, 2.45) is 5.14 Å². The standard InChI is InChI=1S/C23H38N4O4S2/c1-3-5-7-9-15-25-17-19-27(18-10-8-6-4-2)33(30,31)22-13-11-12-21-20(22)14-16-26-23(21)32(24,28)29/h11-14,16,25H,3-10,15,17-19H2,1-2H3,(H2,24,28,29). The lowest BCUT2D eigenvalue weighted by Crippen LogP contribution is -2.38. The molecular weight excluding hydrogens is 460 g/mol. The molecule has 1 aromatic carbocycles. The van der Waals surface area contributed by atoms with E-state index in [1.807, 2.05) is 0 Å². The van der Waals surface area contributed by atoms with Crippen LogP contribution in [-0.4, -0.2) is 52.3 Å². The summed E-state index contributed by atoms with van der Waals surface area (Å²) in [5.41, 5.74) is 0. The third-order valence-electron chi connectivity index (χ3n) is 5.62. The molecule has 0 atom stereocenters. The topological polar surface area (TPSA) is 122 Å². The van der Waals surface area contributed by atoms with Crippen molar-refractivity contribution in [3.8, 4) is 0 Å². The maximum atomic E-state index is 13.7. The van der Waals surface area contributed by atoms with E-state index in [9.17, 15) is 16.8 Å². The third kappa shape index (κ3) is 7.99. The summed E-state index contributed by atoms with van der Waals surface area (Å²) in [5, 5.41) is 8.85. The SMILES string of the molecule is CCCCCCNCCN(CCCCCC)S(=O)(=O)c1cccc2c(S(N)(=O)=O)nccc12. The van der Waals surface area contributed by atoms with Gasteiger partial charge in [-0.2, -0.15) is 4.31 Å². The maximum Gasteiger partial charge on any atom is 0.256 e. The Balaban J connectivity index is 2.28. The number of sulfonamides is 2. The van der Waals surface area contributed by atoms with Gasteiger partial charge < -0.3 is 5.32 Å². The van der Waals surface area contributed by atoms with Crippen LogP contribution in [0.5, 0.6) is 0 Å². The quantitative estimate of drug-likeness (QED) is 0.341. The van der Waals surface area contributed by atoms with Crippen LogP contribution in [0.1, 0.15) is 65.2 Å². The number of nitrogens with one attached hydrogen (secondary N) is 1. The molecule has 0 aliphatic rings. The fourth-order valence-electron chi connectivity index (χ4n) is 3.81. The van der Waals surface area contributed by atoms with Crippen molar-refractivity contribution in [1.82, 2.24) is 14.6 Å². The van der Waals surface area contributed by atoms with Crippen LogP contribution in [0.3, 0.4) is 0 Å². The molecule has 0 saturated heterocycles. The van der Waals surface area contributed by atoms with E-state index >= 15 is 0 Å². The van der Waals surface area contributed by atoms with Crippen LogP contribution < -0.4 is 10.5 Å². The first kappa shape index (κ1) is 27.7. The van der Waals surface area contributed by atoms with Crippen LogP contribution in [0.4, 0.5) is 0 Å². The Bertz CT molecular complexity index is 1090. The van der Waals surface area contributed by atoms with Crippen molar-refractivity contribution in [1.29, 1.82) is 0 Å². The van der Waals surface area contributed by atoms with Gasteiger partial charge in [-0.25, -0.2) is 27.0 Å². The summed E-state index contributed by atoms with van der Waals surface area (Å²) >= 11 is 0. The van der Waals surface area contributed by atoms with Crippen LogP contribution in [0, 0.1) is 0 Å². The molecule has 0 fully saturated rings. The molecule has 10 heteroatoms. The van der Waals surface area contributed by atoms with Crippen molar-refractivity contribution in [2.75, 3.05) is 26.2 Å². The second kappa shape index (κ2) is 13.3. The minimum atomic E-state index is -4.09. The summed E-state index contributed by atoms with van der Waals surface area (Å²) in [6.45, 7) is 6.48. The fourth-order valence-corrected chi connectivity index (χ4v) is 6.19. The summed E-state index contributed by atoms with van der Waals surface area (Å²) in [7, 11) is -7.94. The minimum Gasteiger partial charge on any atom is -0.315 e. The number of nitrogens with zero attached hydrogens (tertiary/aromatic N) is 2. The number of aromatic nitrogens is 1. The Morgan fingerprint density at radius 2 is 1.55 bits per heavy atom. The van der Waals surface area contributed by atoms with E-state index in [2.05, 4.69) is 24.1 Å². The van der Waals surface area contributed by atoms with Crippen molar-refractivity contribution in [2.45, 2.75) is 75.1 Å².